The summed E-state index contributed by atoms with van der Waals surface area (Å²) in [6.45, 7) is 6.60. The predicted octanol–water partition coefficient (Wildman–Crippen LogP) is 0.925. The second kappa shape index (κ2) is 6.13. The van der Waals surface area contributed by atoms with Crippen molar-refractivity contribution in [3.63, 3.8) is 0 Å². The average molecular weight is 464 g/mol. The number of esters is 1. The molecule has 9 fully saturated rings. The van der Waals surface area contributed by atoms with Gasteiger partial charge in [-0.3, -0.25) is 9.69 Å². The molecule has 0 amide bonds. The van der Waals surface area contributed by atoms with Crippen LogP contribution >= 0.6 is 0 Å². The molecule has 0 radical (unpaired) electrons. The number of ether oxygens (including phenoxy) is 4. The predicted molar refractivity (Wildman–Crippen MR) is 115 cm³/mol. The van der Waals surface area contributed by atoms with Crippen molar-refractivity contribution in [3.8, 4) is 0 Å². The number of rotatable bonds is 4. The number of nitrogens with zero attached hydrogens (tertiary/aromatic N) is 1. The van der Waals surface area contributed by atoms with E-state index in [9.17, 15) is 15.0 Å². The molecule has 9 aliphatic rings. The van der Waals surface area contributed by atoms with Crippen LogP contribution in [0.15, 0.2) is 0 Å². The Morgan fingerprint density at radius 3 is 2.64 bits per heavy atom. The van der Waals surface area contributed by atoms with Gasteiger partial charge in [0.2, 0.25) is 0 Å². The second-order valence-electron chi connectivity index (χ2n) is 12.2. The van der Waals surface area contributed by atoms with E-state index in [0.29, 0.717) is 6.42 Å². The molecule has 4 heterocycles. The fourth-order valence-electron chi connectivity index (χ4n) is 11.3. The first-order valence-corrected chi connectivity index (χ1v) is 12.7. The van der Waals surface area contributed by atoms with Crippen LogP contribution in [0.5, 0.6) is 0 Å². The van der Waals surface area contributed by atoms with Crippen molar-refractivity contribution in [2.24, 2.45) is 34.5 Å². The molecule has 1 spiro atoms. The molecule has 184 valence electrons. The number of piperidine rings is 1. The van der Waals surface area contributed by atoms with Crippen LogP contribution in [0, 0.1) is 34.5 Å². The highest BCUT2D eigenvalue weighted by Gasteiger charge is 2.94. The lowest BCUT2D eigenvalue weighted by molar-refractivity contribution is -0.404. The average Bonchev–Trinajstić information content (AvgIpc) is 3.19. The Labute approximate surface area is 194 Å². The molecule has 14 atom stereocenters. The Morgan fingerprint density at radius 2 is 2.00 bits per heavy atom. The number of aliphatic hydroxyl groups is 2. The van der Waals surface area contributed by atoms with Gasteiger partial charge in [-0.15, -0.1) is 0 Å². The maximum atomic E-state index is 12.9. The van der Waals surface area contributed by atoms with Gasteiger partial charge in [0.05, 0.1) is 24.4 Å². The van der Waals surface area contributed by atoms with E-state index in [0.717, 1.165) is 25.8 Å². The van der Waals surface area contributed by atoms with E-state index in [-0.39, 0.29) is 64.9 Å². The molecule has 8 heteroatoms. The Balaban J connectivity index is 1.53. The van der Waals surface area contributed by atoms with Gasteiger partial charge in [0.1, 0.15) is 23.5 Å². The highest BCUT2D eigenvalue weighted by Crippen LogP contribution is 2.83. The molecule has 9 bridgehead atoms. The first-order chi connectivity index (χ1) is 15.7. The molecule has 0 aromatic rings. The van der Waals surface area contributed by atoms with Crippen molar-refractivity contribution in [1.29, 1.82) is 0 Å². The molecule has 0 aromatic carbocycles. The number of likely N-dealkylation sites (N-methyl/N-ethyl adjacent to an activating group) is 1. The van der Waals surface area contributed by atoms with E-state index in [4.69, 9.17) is 18.9 Å². The third-order valence-corrected chi connectivity index (χ3v) is 11.7. The molecule has 4 aliphatic heterocycles. The van der Waals surface area contributed by atoms with Crippen LogP contribution in [-0.2, 0) is 23.7 Å². The van der Waals surface area contributed by atoms with Gasteiger partial charge < -0.3 is 29.2 Å². The topological polar surface area (TPSA) is 97.7 Å². The van der Waals surface area contributed by atoms with Crippen LogP contribution < -0.4 is 0 Å². The summed E-state index contributed by atoms with van der Waals surface area (Å²) in [6, 6.07) is -0.249. The zero-order valence-electron chi connectivity index (χ0n) is 20.2. The normalized spacial score (nSPS) is 63.8. The summed E-state index contributed by atoms with van der Waals surface area (Å²) in [5.74, 6) is -0.551. The van der Waals surface area contributed by atoms with Gasteiger partial charge in [-0.1, -0.05) is 13.8 Å². The monoisotopic (exact) mass is 463 g/mol. The van der Waals surface area contributed by atoms with Crippen LogP contribution in [0.2, 0.25) is 0 Å². The van der Waals surface area contributed by atoms with Crippen molar-refractivity contribution >= 4 is 5.97 Å². The van der Waals surface area contributed by atoms with E-state index < -0.39 is 23.4 Å². The van der Waals surface area contributed by atoms with Crippen LogP contribution in [-0.4, -0.2) is 89.7 Å². The van der Waals surface area contributed by atoms with Crippen molar-refractivity contribution in [1.82, 2.24) is 4.90 Å². The minimum absolute atomic E-state index is 0.00681. The van der Waals surface area contributed by atoms with Crippen molar-refractivity contribution in [3.05, 3.63) is 0 Å². The van der Waals surface area contributed by atoms with Gasteiger partial charge >= 0.3 is 5.97 Å². The fraction of sp³-hybridized carbons (Fsp3) is 0.960. The quantitative estimate of drug-likeness (QED) is 0.595. The van der Waals surface area contributed by atoms with Crippen LogP contribution in [0.25, 0.3) is 0 Å². The lowest BCUT2D eigenvalue weighted by atomic mass is 9.41. The standard InChI is InChI=1S/C25H37NO7/c1-6-26-20-24-13-9-12-14(30-4)10-23(28,16(13)17(12)32-11(2)27)25(20,29)19(31-5)18(24)22(3)8-7-15(24)33-21(22)26/h12-21,28-29H,6-10H2,1-5H3/t12-,13-,14+,15+,16-,17+,18-,19+,20?,21?,22-,23-,24+,25-/m1/s1. The SMILES string of the molecule is CCN1C2O[C@H]3CC[C@]2(C)[C@H]2[C@H](OC)[C@@]4(O)C1[C@@]32[C@@H]1C[C@H]2[C@H](OC(C)=O)[C@@H]1[C@]4(O)C[C@@H]2OC. The highest BCUT2D eigenvalue weighted by molar-refractivity contribution is 5.66. The molecule has 5 saturated carbocycles. The molecular weight excluding hydrogens is 426 g/mol. The summed E-state index contributed by atoms with van der Waals surface area (Å²) in [5.41, 5.74) is -3.50. The van der Waals surface area contributed by atoms with Crippen LogP contribution in [0.3, 0.4) is 0 Å². The number of methoxy groups -OCH3 is 2. The van der Waals surface area contributed by atoms with E-state index in [1.807, 2.05) is 0 Å². The summed E-state index contributed by atoms with van der Waals surface area (Å²) in [5, 5.41) is 25.6. The third kappa shape index (κ3) is 1.88. The summed E-state index contributed by atoms with van der Waals surface area (Å²) in [7, 11) is 3.34. The summed E-state index contributed by atoms with van der Waals surface area (Å²) < 4.78 is 24.9. The van der Waals surface area contributed by atoms with Crippen LogP contribution in [0.4, 0.5) is 0 Å². The smallest absolute Gasteiger partial charge is 0.302 e. The zero-order chi connectivity index (χ0) is 23.3. The molecule has 33 heavy (non-hydrogen) atoms. The Morgan fingerprint density at radius 1 is 1.24 bits per heavy atom. The summed E-state index contributed by atoms with van der Waals surface area (Å²) in [4.78, 5) is 14.5. The summed E-state index contributed by atoms with van der Waals surface area (Å²) >= 11 is 0. The molecule has 2 N–H and O–H groups in total. The van der Waals surface area contributed by atoms with Gasteiger partial charge in [-0.05, 0) is 31.7 Å². The van der Waals surface area contributed by atoms with Crippen molar-refractivity contribution in [2.45, 2.75) is 94.3 Å². The minimum Gasteiger partial charge on any atom is -0.462 e. The molecule has 5 aliphatic carbocycles. The van der Waals surface area contributed by atoms with Crippen molar-refractivity contribution < 1.29 is 34.0 Å². The Kier molecular flexibility index (Phi) is 4.00. The molecule has 2 unspecified atom stereocenters. The minimum atomic E-state index is -1.50. The highest BCUT2D eigenvalue weighted by atomic mass is 16.6. The number of fused-ring (bicyclic) bond motifs is 3. The molecule has 8 nitrogen and oxygen atoms in total. The number of carbonyl (C=O) groups is 1. The lowest BCUT2D eigenvalue weighted by Gasteiger charge is -2.76. The largest absolute Gasteiger partial charge is 0.462 e. The Bertz CT molecular complexity index is 915. The summed E-state index contributed by atoms with van der Waals surface area (Å²) in [6.07, 6.45) is 1.78. The molecule has 0 aromatic heterocycles. The molecule has 9 rings (SSSR count). The van der Waals surface area contributed by atoms with Gasteiger partial charge in [-0.25, -0.2) is 0 Å². The number of hydrogen-bond donors (Lipinski definition) is 2. The maximum absolute atomic E-state index is 12.9. The molecular formula is C25H37NO7. The third-order valence-electron chi connectivity index (χ3n) is 11.7. The van der Waals surface area contributed by atoms with Crippen LogP contribution in [0.1, 0.15) is 46.5 Å². The second-order valence-corrected chi connectivity index (χ2v) is 12.2. The maximum Gasteiger partial charge on any atom is 0.302 e. The first kappa shape index (κ1) is 21.5. The van der Waals surface area contributed by atoms with Gasteiger partial charge in [0, 0.05) is 56.1 Å². The first-order valence-electron chi connectivity index (χ1n) is 12.7. The van der Waals surface area contributed by atoms with Crippen molar-refractivity contribution in [2.75, 3.05) is 20.8 Å². The van der Waals surface area contributed by atoms with E-state index in [1.165, 1.54) is 6.92 Å². The van der Waals surface area contributed by atoms with E-state index in [2.05, 4.69) is 18.7 Å². The van der Waals surface area contributed by atoms with Gasteiger partial charge in [-0.2, -0.15) is 0 Å². The van der Waals surface area contributed by atoms with E-state index in [1.54, 1.807) is 14.2 Å². The van der Waals surface area contributed by atoms with Gasteiger partial charge in [0.25, 0.3) is 0 Å². The lowest BCUT2D eigenvalue weighted by Crippen LogP contribution is -2.86. The van der Waals surface area contributed by atoms with Gasteiger partial charge in [0.15, 0.2) is 0 Å². The number of hydrogen-bond acceptors (Lipinski definition) is 8. The number of carbonyl (C=O) groups excluding carboxylic acids is 1. The fourth-order valence-corrected chi connectivity index (χ4v) is 11.3. The van der Waals surface area contributed by atoms with E-state index >= 15 is 0 Å². The molecule has 4 saturated heterocycles. The Hall–Kier alpha value is -0.770. The zero-order valence-corrected chi connectivity index (χ0v) is 20.2.